The standard InChI is InChI=1S/C15H11ClN2O3/c16-11-5-9(1-2-10(11)15(7-19)3-4-15)12-6-13(14(20)21)18-8-17-12/h1-2,5-8H,3-4H2,(H,20,21). The van der Waals surface area contributed by atoms with Crippen molar-refractivity contribution in [1.29, 1.82) is 0 Å². The van der Waals surface area contributed by atoms with E-state index in [1.54, 1.807) is 12.1 Å². The van der Waals surface area contributed by atoms with E-state index in [9.17, 15) is 9.59 Å². The summed E-state index contributed by atoms with van der Waals surface area (Å²) in [6.07, 6.45) is 3.77. The zero-order valence-corrected chi connectivity index (χ0v) is 11.7. The number of aldehydes is 1. The van der Waals surface area contributed by atoms with Gasteiger partial charge in [-0.1, -0.05) is 23.7 Å². The highest BCUT2D eigenvalue weighted by Gasteiger charge is 2.45. The molecule has 1 aliphatic carbocycles. The van der Waals surface area contributed by atoms with Crippen molar-refractivity contribution in [3.63, 3.8) is 0 Å². The smallest absolute Gasteiger partial charge is 0.354 e. The molecule has 0 radical (unpaired) electrons. The molecule has 6 heteroatoms. The number of rotatable bonds is 4. The summed E-state index contributed by atoms with van der Waals surface area (Å²) >= 11 is 6.27. The van der Waals surface area contributed by atoms with Crippen LogP contribution < -0.4 is 0 Å². The van der Waals surface area contributed by atoms with Gasteiger partial charge >= 0.3 is 5.97 Å². The molecule has 0 unspecified atom stereocenters. The Morgan fingerprint density at radius 1 is 1.29 bits per heavy atom. The Kier molecular flexibility index (Phi) is 3.22. The minimum absolute atomic E-state index is 0.0771. The van der Waals surface area contributed by atoms with Gasteiger partial charge in [-0.05, 0) is 30.5 Å². The van der Waals surface area contributed by atoms with Crippen LogP contribution in [0.2, 0.25) is 5.02 Å². The van der Waals surface area contributed by atoms with E-state index >= 15 is 0 Å². The topological polar surface area (TPSA) is 80.2 Å². The molecule has 0 atom stereocenters. The number of carboxylic acid groups (broad SMARTS) is 1. The van der Waals surface area contributed by atoms with E-state index in [1.165, 1.54) is 12.4 Å². The van der Waals surface area contributed by atoms with Crippen molar-refractivity contribution in [2.24, 2.45) is 0 Å². The fourth-order valence-corrected chi connectivity index (χ4v) is 2.66. The zero-order valence-electron chi connectivity index (χ0n) is 10.9. The normalized spacial score (nSPS) is 15.5. The summed E-state index contributed by atoms with van der Waals surface area (Å²) in [6, 6.07) is 6.69. The molecule has 1 fully saturated rings. The van der Waals surface area contributed by atoms with E-state index in [1.807, 2.05) is 6.07 Å². The summed E-state index contributed by atoms with van der Waals surface area (Å²) in [7, 11) is 0. The Morgan fingerprint density at radius 2 is 2.05 bits per heavy atom. The number of hydrogen-bond donors (Lipinski definition) is 1. The first kappa shape index (κ1) is 13.7. The molecule has 1 heterocycles. The van der Waals surface area contributed by atoms with Gasteiger partial charge in [0.15, 0.2) is 5.69 Å². The van der Waals surface area contributed by atoms with E-state index in [-0.39, 0.29) is 5.69 Å². The molecule has 3 rings (SSSR count). The third kappa shape index (κ3) is 2.40. The molecule has 0 bridgehead atoms. The molecule has 0 spiro atoms. The summed E-state index contributed by atoms with van der Waals surface area (Å²) in [6.45, 7) is 0. The van der Waals surface area contributed by atoms with Crippen LogP contribution in [-0.2, 0) is 10.2 Å². The average molecular weight is 303 g/mol. The number of carbonyl (C=O) groups is 2. The van der Waals surface area contributed by atoms with Crippen LogP contribution in [0.4, 0.5) is 0 Å². The summed E-state index contributed by atoms with van der Waals surface area (Å²) in [5, 5.41) is 9.44. The van der Waals surface area contributed by atoms with Gasteiger partial charge in [-0.2, -0.15) is 0 Å². The molecular formula is C15H11ClN2O3. The monoisotopic (exact) mass is 302 g/mol. The molecule has 106 valence electrons. The third-order valence-corrected chi connectivity index (χ3v) is 4.01. The molecule has 1 aromatic carbocycles. The first-order valence-electron chi connectivity index (χ1n) is 6.38. The van der Waals surface area contributed by atoms with Crippen LogP contribution in [0.5, 0.6) is 0 Å². The predicted octanol–water partition coefficient (Wildman–Crippen LogP) is 2.73. The lowest BCUT2D eigenvalue weighted by molar-refractivity contribution is -0.109. The molecule has 0 aliphatic heterocycles. The van der Waals surface area contributed by atoms with Crippen molar-refractivity contribution < 1.29 is 14.7 Å². The van der Waals surface area contributed by atoms with Crippen LogP contribution in [-0.4, -0.2) is 27.3 Å². The molecule has 1 aliphatic rings. The van der Waals surface area contributed by atoms with Gasteiger partial charge in [-0.15, -0.1) is 0 Å². The number of benzene rings is 1. The van der Waals surface area contributed by atoms with Crippen molar-refractivity contribution >= 4 is 23.9 Å². The molecule has 5 nitrogen and oxygen atoms in total. The van der Waals surface area contributed by atoms with E-state index in [4.69, 9.17) is 16.7 Å². The van der Waals surface area contributed by atoms with Crippen molar-refractivity contribution in [2.75, 3.05) is 0 Å². The van der Waals surface area contributed by atoms with Crippen LogP contribution in [0.1, 0.15) is 28.9 Å². The number of aromatic nitrogens is 2. The Balaban J connectivity index is 2.01. The van der Waals surface area contributed by atoms with Gasteiger partial charge in [0.05, 0.1) is 11.1 Å². The van der Waals surface area contributed by atoms with Crippen molar-refractivity contribution in [2.45, 2.75) is 18.3 Å². The second-order valence-corrected chi connectivity index (χ2v) is 5.47. The maximum Gasteiger partial charge on any atom is 0.354 e. The zero-order chi connectivity index (χ0) is 15.0. The van der Waals surface area contributed by atoms with Crippen molar-refractivity contribution in [3.05, 3.63) is 46.9 Å². The fourth-order valence-electron chi connectivity index (χ4n) is 2.30. The van der Waals surface area contributed by atoms with Gasteiger partial charge in [-0.3, -0.25) is 0 Å². The highest BCUT2D eigenvalue weighted by molar-refractivity contribution is 6.32. The quantitative estimate of drug-likeness (QED) is 0.878. The minimum Gasteiger partial charge on any atom is -0.477 e. The van der Waals surface area contributed by atoms with Crippen LogP contribution >= 0.6 is 11.6 Å². The van der Waals surface area contributed by atoms with Gasteiger partial charge in [0.1, 0.15) is 12.6 Å². The Labute approximate surface area is 125 Å². The van der Waals surface area contributed by atoms with Crippen LogP contribution in [0, 0.1) is 0 Å². The average Bonchev–Trinajstić information content (AvgIpc) is 3.28. The maximum absolute atomic E-state index is 11.2. The van der Waals surface area contributed by atoms with E-state index < -0.39 is 11.4 Å². The van der Waals surface area contributed by atoms with Gasteiger partial charge in [0, 0.05) is 10.6 Å². The molecule has 1 N–H and O–H groups in total. The number of carboxylic acids is 1. The lowest BCUT2D eigenvalue weighted by Gasteiger charge is -2.11. The second kappa shape index (κ2) is 4.93. The first-order chi connectivity index (χ1) is 10.1. The predicted molar refractivity (Wildman–Crippen MR) is 76.4 cm³/mol. The lowest BCUT2D eigenvalue weighted by atomic mass is 9.96. The second-order valence-electron chi connectivity index (χ2n) is 5.06. The number of halogens is 1. The molecule has 21 heavy (non-hydrogen) atoms. The van der Waals surface area contributed by atoms with Crippen molar-refractivity contribution in [3.8, 4) is 11.3 Å². The summed E-state index contributed by atoms with van der Waals surface area (Å²) < 4.78 is 0. The van der Waals surface area contributed by atoms with E-state index in [2.05, 4.69) is 9.97 Å². The first-order valence-corrected chi connectivity index (χ1v) is 6.76. The van der Waals surface area contributed by atoms with Crippen molar-refractivity contribution in [1.82, 2.24) is 9.97 Å². The fraction of sp³-hybridized carbons (Fsp3) is 0.200. The number of nitrogens with zero attached hydrogens (tertiary/aromatic N) is 2. The number of aromatic carboxylic acids is 1. The highest BCUT2D eigenvalue weighted by Crippen LogP contribution is 2.49. The molecular weight excluding hydrogens is 292 g/mol. The summed E-state index contributed by atoms with van der Waals surface area (Å²) in [5.74, 6) is -1.11. The Bertz CT molecular complexity index is 741. The largest absolute Gasteiger partial charge is 0.477 e. The van der Waals surface area contributed by atoms with Crippen LogP contribution in [0.3, 0.4) is 0 Å². The van der Waals surface area contributed by atoms with Crippen LogP contribution in [0.15, 0.2) is 30.6 Å². The molecule has 1 saturated carbocycles. The minimum atomic E-state index is -1.11. The third-order valence-electron chi connectivity index (χ3n) is 3.70. The van der Waals surface area contributed by atoms with Gasteiger partial charge in [0.2, 0.25) is 0 Å². The number of hydrogen-bond acceptors (Lipinski definition) is 4. The van der Waals surface area contributed by atoms with E-state index in [0.717, 1.165) is 24.7 Å². The molecule has 0 amide bonds. The van der Waals surface area contributed by atoms with Gasteiger partial charge < -0.3 is 9.90 Å². The lowest BCUT2D eigenvalue weighted by Crippen LogP contribution is -2.08. The summed E-state index contributed by atoms with van der Waals surface area (Å²) in [4.78, 5) is 29.8. The summed E-state index contributed by atoms with van der Waals surface area (Å²) in [5.41, 5.74) is 1.47. The Hall–Kier alpha value is -2.27. The highest BCUT2D eigenvalue weighted by atomic mass is 35.5. The maximum atomic E-state index is 11.2. The van der Waals surface area contributed by atoms with E-state index in [0.29, 0.717) is 16.3 Å². The van der Waals surface area contributed by atoms with Gasteiger partial charge in [-0.25, -0.2) is 14.8 Å². The molecule has 0 saturated heterocycles. The SMILES string of the molecule is O=CC1(c2ccc(-c3cc(C(=O)O)ncn3)cc2Cl)CC1. The molecule has 2 aromatic rings. The van der Waals surface area contributed by atoms with Crippen LogP contribution in [0.25, 0.3) is 11.3 Å². The Morgan fingerprint density at radius 3 is 2.62 bits per heavy atom. The van der Waals surface area contributed by atoms with Gasteiger partial charge in [0.25, 0.3) is 0 Å². The molecule has 1 aromatic heterocycles. The number of carbonyl (C=O) groups excluding carboxylic acids is 1.